The quantitative estimate of drug-likeness (QED) is 0.846. The number of halogens is 2. The number of nitrogens with one attached hydrogen (secondary N) is 1. The predicted octanol–water partition coefficient (Wildman–Crippen LogP) is 2.37. The van der Waals surface area contributed by atoms with Gasteiger partial charge in [-0.25, -0.2) is 8.78 Å². The molecule has 1 N–H and O–H groups in total. The molecule has 0 bridgehead atoms. The van der Waals surface area contributed by atoms with Crippen molar-refractivity contribution in [1.29, 1.82) is 5.26 Å². The van der Waals surface area contributed by atoms with Crippen molar-refractivity contribution in [1.82, 2.24) is 5.32 Å². The van der Waals surface area contributed by atoms with Gasteiger partial charge in [-0.15, -0.1) is 0 Å². The second kappa shape index (κ2) is 6.92. The van der Waals surface area contributed by atoms with E-state index in [4.69, 9.17) is 5.26 Å². The third-order valence-corrected chi connectivity index (χ3v) is 2.58. The third kappa shape index (κ3) is 3.97. The van der Waals surface area contributed by atoms with Crippen molar-refractivity contribution >= 4 is 5.69 Å². The molecule has 1 rings (SSSR count). The SMILES string of the molecule is CCNCc1ccc(N(C)CC(F)F)c(C#N)c1. The van der Waals surface area contributed by atoms with Crippen molar-refractivity contribution in [3.63, 3.8) is 0 Å². The number of hydrogen-bond donors (Lipinski definition) is 1. The lowest BCUT2D eigenvalue weighted by atomic mass is 10.1. The Balaban J connectivity index is 2.90. The first-order valence-corrected chi connectivity index (χ1v) is 5.81. The summed E-state index contributed by atoms with van der Waals surface area (Å²) in [6.07, 6.45) is -2.41. The Morgan fingerprint density at radius 2 is 2.17 bits per heavy atom. The van der Waals surface area contributed by atoms with E-state index in [9.17, 15) is 8.78 Å². The molecule has 0 radical (unpaired) electrons. The van der Waals surface area contributed by atoms with Crippen LogP contribution in [0, 0.1) is 11.3 Å². The minimum atomic E-state index is -2.41. The topological polar surface area (TPSA) is 39.1 Å². The molecule has 5 heteroatoms. The summed E-state index contributed by atoms with van der Waals surface area (Å²) in [4.78, 5) is 1.40. The molecule has 1 aromatic rings. The molecule has 0 aliphatic rings. The Hall–Kier alpha value is -1.67. The Morgan fingerprint density at radius 3 is 2.72 bits per heavy atom. The highest BCUT2D eigenvalue weighted by atomic mass is 19.3. The highest BCUT2D eigenvalue weighted by Gasteiger charge is 2.12. The predicted molar refractivity (Wildman–Crippen MR) is 67.8 cm³/mol. The number of benzene rings is 1. The maximum absolute atomic E-state index is 12.3. The van der Waals surface area contributed by atoms with Gasteiger partial charge >= 0.3 is 0 Å². The van der Waals surface area contributed by atoms with Crippen LogP contribution in [0.2, 0.25) is 0 Å². The van der Waals surface area contributed by atoms with E-state index in [0.717, 1.165) is 12.1 Å². The van der Waals surface area contributed by atoms with Crippen LogP contribution in [-0.4, -0.2) is 26.6 Å². The van der Waals surface area contributed by atoms with E-state index in [1.54, 1.807) is 19.2 Å². The van der Waals surface area contributed by atoms with Crippen molar-refractivity contribution in [2.75, 3.05) is 25.0 Å². The fourth-order valence-electron chi connectivity index (χ4n) is 1.69. The summed E-state index contributed by atoms with van der Waals surface area (Å²) in [6.45, 7) is 3.14. The molecule has 3 nitrogen and oxygen atoms in total. The zero-order valence-corrected chi connectivity index (χ0v) is 10.6. The molecule has 0 atom stereocenters. The molecule has 0 aliphatic heterocycles. The summed E-state index contributed by atoms with van der Waals surface area (Å²) < 4.78 is 24.6. The fourth-order valence-corrected chi connectivity index (χ4v) is 1.69. The number of hydrogen-bond acceptors (Lipinski definition) is 3. The van der Waals surface area contributed by atoms with Gasteiger partial charge in [0, 0.05) is 13.6 Å². The third-order valence-electron chi connectivity index (χ3n) is 2.58. The van der Waals surface area contributed by atoms with E-state index in [-0.39, 0.29) is 6.54 Å². The molecule has 18 heavy (non-hydrogen) atoms. The van der Waals surface area contributed by atoms with Gasteiger partial charge in [0.05, 0.1) is 17.8 Å². The number of anilines is 1. The normalized spacial score (nSPS) is 10.4. The average Bonchev–Trinajstić information content (AvgIpc) is 2.35. The summed E-state index contributed by atoms with van der Waals surface area (Å²) in [5, 5.41) is 12.2. The van der Waals surface area contributed by atoms with Gasteiger partial charge in [-0.1, -0.05) is 13.0 Å². The molecule has 98 valence electrons. The van der Waals surface area contributed by atoms with Crippen molar-refractivity contribution in [3.8, 4) is 6.07 Å². The van der Waals surface area contributed by atoms with Gasteiger partial charge < -0.3 is 10.2 Å². The smallest absolute Gasteiger partial charge is 0.255 e. The van der Waals surface area contributed by atoms with Crippen LogP contribution in [0.4, 0.5) is 14.5 Å². The molecular weight excluding hydrogens is 236 g/mol. The molecule has 0 aromatic heterocycles. The van der Waals surface area contributed by atoms with Crippen LogP contribution in [-0.2, 0) is 6.54 Å². The lowest BCUT2D eigenvalue weighted by Gasteiger charge is -2.20. The van der Waals surface area contributed by atoms with Crippen LogP contribution in [0.5, 0.6) is 0 Å². The molecule has 0 amide bonds. The molecule has 0 spiro atoms. The summed E-state index contributed by atoms with van der Waals surface area (Å²) in [5.41, 5.74) is 1.94. The van der Waals surface area contributed by atoms with Crippen molar-refractivity contribution in [3.05, 3.63) is 29.3 Å². The Labute approximate surface area is 106 Å². The Kier molecular flexibility index (Phi) is 5.53. The van der Waals surface area contributed by atoms with Crippen molar-refractivity contribution in [2.24, 2.45) is 0 Å². The van der Waals surface area contributed by atoms with E-state index in [2.05, 4.69) is 11.4 Å². The highest BCUT2D eigenvalue weighted by molar-refractivity contribution is 5.60. The van der Waals surface area contributed by atoms with Crippen LogP contribution in [0.15, 0.2) is 18.2 Å². The lowest BCUT2D eigenvalue weighted by Crippen LogP contribution is -2.25. The largest absolute Gasteiger partial charge is 0.368 e. The van der Waals surface area contributed by atoms with E-state index in [0.29, 0.717) is 17.8 Å². The number of rotatable bonds is 6. The lowest BCUT2D eigenvalue weighted by molar-refractivity contribution is 0.156. The van der Waals surface area contributed by atoms with Crippen molar-refractivity contribution in [2.45, 2.75) is 19.9 Å². The molecule has 0 unspecified atom stereocenters. The van der Waals surface area contributed by atoms with Crippen LogP contribution < -0.4 is 10.2 Å². The van der Waals surface area contributed by atoms with E-state index >= 15 is 0 Å². The number of nitriles is 1. The monoisotopic (exact) mass is 253 g/mol. The first-order chi connectivity index (χ1) is 8.58. The maximum atomic E-state index is 12.3. The summed E-state index contributed by atoms with van der Waals surface area (Å²) >= 11 is 0. The van der Waals surface area contributed by atoms with Gasteiger partial charge in [-0.3, -0.25) is 0 Å². The highest BCUT2D eigenvalue weighted by Crippen LogP contribution is 2.21. The Morgan fingerprint density at radius 1 is 1.44 bits per heavy atom. The summed E-state index contributed by atoms with van der Waals surface area (Å²) in [7, 11) is 1.56. The van der Waals surface area contributed by atoms with Crippen LogP contribution >= 0.6 is 0 Å². The van der Waals surface area contributed by atoms with Gasteiger partial charge in [0.25, 0.3) is 6.43 Å². The first kappa shape index (κ1) is 14.4. The van der Waals surface area contributed by atoms with E-state index < -0.39 is 6.43 Å². The van der Waals surface area contributed by atoms with E-state index in [1.165, 1.54) is 4.90 Å². The second-order valence-electron chi connectivity index (χ2n) is 4.02. The van der Waals surface area contributed by atoms with Crippen LogP contribution in [0.3, 0.4) is 0 Å². The molecule has 0 fully saturated rings. The number of alkyl halides is 2. The van der Waals surface area contributed by atoms with E-state index in [1.807, 2.05) is 13.0 Å². The van der Waals surface area contributed by atoms with Gasteiger partial charge in [0.15, 0.2) is 0 Å². The summed E-state index contributed by atoms with van der Waals surface area (Å²) in [5.74, 6) is 0. The van der Waals surface area contributed by atoms with Crippen molar-refractivity contribution < 1.29 is 8.78 Å². The number of nitrogens with zero attached hydrogens (tertiary/aromatic N) is 2. The standard InChI is InChI=1S/C13H17F2N3/c1-3-17-8-10-4-5-12(11(6-10)7-16)18(2)9-13(14)15/h4-6,13,17H,3,8-9H2,1-2H3. The maximum Gasteiger partial charge on any atom is 0.255 e. The van der Waals surface area contributed by atoms with Crippen LogP contribution in [0.1, 0.15) is 18.1 Å². The zero-order chi connectivity index (χ0) is 13.5. The fraction of sp³-hybridized carbons (Fsp3) is 0.462. The first-order valence-electron chi connectivity index (χ1n) is 5.81. The minimum Gasteiger partial charge on any atom is -0.368 e. The zero-order valence-electron chi connectivity index (χ0n) is 10.6. The van der Waals surface area contributed by atoms with Gasteiger partial charge in [-0.2, -0.15) is 5.26 Å². The van der Waals surface area contributed by atoms with Gasteiger partial charge in [-0.05, 0) is 24.2 Å². The minimum absolute atomic E-state index is 0.374. The molecule has 0 aliphatic carbocycles. The molecule has 0 saturated heterocycles. The Bertz CT molecular complexity index is 427. The molecule has 0 saturated carbocycles. The molecule has 1 aromatic carbocycles. The van der Waals surface area contributed by atoms with Crippen LogP contribution in [0.25, 0.3) is 0 Å². The summed E-state index contributed by atoms with van der Waals surface area (Å²) in [6, 6.07) is 7.35. The molecular formula is C13H17F2N3. The second-order valence-corrected chi connectivity index (χ2v) is 4.02. The average molecular weight is 253 g/mol. The van der Waals surface area contributed by atoms with Gasteiger partial charge in [0.2, 0.25) is 0 Å². The molecule has 0 heterocycles. The van der Waals surface area contributed by atoms with Gasteiger partial charge in [0.1, 0.15) is 6.07 Å².